The van der Waals surface area contributed by atoms with Crippen molar-refractivity contribution >= 4 is 0 Å². The summed E-state index contributed by atoms with van der Waals surface area (Å²) in [6.07, 6.45) is 11.1. The molecule has 2 aliphatic heterocycles. The van der Waals surface area contributed by atoms with E-state index in [0.29, 0.717) is 6.10 Å². The molecule has 1 N–H and O–H groups in total. The van der Waals surface area contributed by atoms with Gasteiger partial charge in [-0.3, -0.25) is 0 Å². The van der Waals surface area contributed by atoms with E-state index in [0.717, 1.165) is 25.6 Å². The van der Waals surface area contributed by atoms with Crippen LogP contribution in [0.1, 0.15) is 58.3 Å². The molecule has 0 bridgehead atoms. The topological polar surface area (TPSA) is 24.5 Å². The lowest BCUT2D eigenvalue weighted by molar-refractivity contribution is -0.000516. The predicted molar refractivity (Wildman–Crippen MR) is 80.6 cm³/mol. The van der Waals surface area contributed by atoms with Gasteiger partial charge in [-0.05, 0) is 64.6 Å². The Kier molecular flexibility index (Phi) is 7.18. The predicted octanol–water partition coefficient (Wildman–Crippen LogP) is 2.80. The van der Waals surface area contributed by atoms with Gasteiger partial charge in [0.1, 0.15) is 0 Å². The highest BCUT2D eigenvalue weighted by Gasteiger charge is 2.20. The summed E-state index contributed by atoms with van der Waals surface area (Å²) in [5.74, 6) is 0. The number of hydrogen-bond donors (Lipinski definition) is 1. The van der Waals surface area contributed by atoms with Crippen molar-refractivity contribution in [3.8, 4) is 0 Å². The van der Waals surface area contributed by atoms with Gasteiger partial charge in [-0.25, -0.2) is 0 Å². The molecule has 2 rings (SSSR count). The van der Waals surface area contributed by atoms with E-state index in [-0.39, 0.29) is 0 Å². The van der Waals surface area contributed by atoms with Crippen LogP contribution in [0, 0.1) is 0 Å². The zero-order chi connectivity index (χ0) is 13.3. The van der Waals surface area contributed by atoms with Gasteiger partial charge in [-0.1, -0.05) is 13.3 Å². The van der Waals surface area contributed by atoms with Crippen molar-refractivity contribution in [3.63, 3.8) is 0 Å². The largest absolute Gasteiger partial charge is 0.377 e. The zero-order valence-corrected chi connectivity index (χ0v) is 12.7. The van der Waals surface area contributed by atoms with Gasteiger partial charge in [-0.2, -0.15) is 0 Å². The quantitative estimate of drug-likeness (QED) is 0.768. The van der Waals surface area contributed by atoms with Crippen LogP contribution in [0.2, 0.25) is 0 Å². The van der Waals surface area contributed by atoms with Crippen LogP contribution in [0.15, 0.2) is 0 Å². The van der Waals surface area contributed by atoms with Crippen molar-refractivity contribution in [2.75, 3.05) is 32.8 Å². The fraction of sp³-hybridized carbons (Fsp3) is 1.00. The summed E-state index contributed by atoms with van der Waals surface area (Å²) in [7, 11) is 0. The molecular formula is C16H32N2O. The molecule has 112 valence electrons. The number of likely N-dealkylation sites (tertiary alicyclic amines) is 1. The molecule has 3 heteroatoms. The molecule has 2 aliphatic rings. The summed E-state index contributed by atoms with van der Waals surface area (Å²) < 4.78 is 5.90. The normalized spacial score (nSPS) is 29.5. The van der Waals surface area contributed by atoms with Crippen molar-refractivity contribution in [3.05, 3.63) is 0 Å². The lowest BCUT2D eigenvalue weighted by Crippen LogP contribution is -2.41. The van der Waals surface area contributed by atoms with Crippen LogP contribution >= 0.6 is 0 Å². The fourth-order valence-corrected chi connectivity index (χ4v) is 3.37. The maximum atomic E-state index is 5.90. The maximum Gasteiger partial charge on any atom is 0.0702 e. The van der Waals surface area contributed by atoms with Gasteiger partial charge in [0.25, 0.3) is 0 Å². The van der Waals surface area contributed by atoms with E-state index in [1.165, 1.54) is 64.6 Å². The van der Waals surface area contributed by atoms with E-state index in [4.69, 9.17) is 4.74 Å². The second-order valence-electron chi connectivity index (χ2n) is 6.22. The van der Waals surface area contributed by atoms with Crippen molar-refractivity contribution < 1.29 is 4.74 Å². The molecule has 2 heterocycles. The molecule has 0 radical (unpaired) electrons. The Labute approximate surface area is 119 Å². The number of nitrogens with one attached hydrogen (secondary N) is 1. The standard InChI is InChI=1S/C16H32N2O/c1-2-13-19-16-9-6-12-18(14-16)11-5-8-15-7-3-4-10-17-15/h15-17H,2-14H2,1H3. The van der Waals surface area contributed by atoms with Crippen LogP contribution in [0.5, 0.6) is 0 Å². The molecule has 2 unspecified atom stereocenters. The molecule has 3 nitrogen and oxygen atoms in total. The van der Waals surface area contributed by atoms with Crippen molar-refractivity contribution in [1.29, 1.82) is 0 Å². The Morgan fingerprint density at radius 3 is 2.95 bits per heavy atom. The summed E-state index contributed by atoms with van der Waals surface area (Å²) >= 11 is 0. The Balaban J connectivity index is 1.56. The molecule has 0 saturated carbocycles. The first-order chi connectivity index (χ1) is 9.38. The highest BCUT2D eigenvalue weighted by molar-refractivity contribution is 4.76. The van der Waals surface area contributed by atoms with Gasteiger partial charge < -0.3 is 15.0 Å². The molecule has 2 fully saturated rings. The van der Waals surface area contributed by atoms with Gasteiger partial charge in [0.05, 0.1) is 6.10 Å². The fourth-order valence-electron chi connectivity index (χ4n) is 3.37. The second-order valence-corrected chi connectivity index (χ2v) is 6.22. The minimum absolute atomic E-state index is 0.501. The van der Waals surface area contributed by atoms with E-state index in [9.17, 15) is 0 Å². The summed E-state index contributed by atoms with van der Waals surface area (Å²) in [4.78, 5) is 2.62. The van der Waals surface area contributed by atoms with Crippen molar-refractivity contribution in [1.82, 2.24) is 10.2 Å². The number of nitrogens with zero attached hydrogens (tertiary/aromatic N) is 1. The summed E-state index contributed by atoms with van der Waals surface area (Å²) in [5.41, 5.74) is 0. The van der Waals surface area contributed by atoms with E-state index < -0.39 is 0 Å². The Bertz CT molecular complexity index is 229. The van der Waals surface area contributed by atoms with Gasteiger partial charge >= 0.3 is 0 Å². The van der Waals surface area contributed by atoms with Crippen LogP contribution in [0.3, 0.4) is 0 Å². The SMILES string of the molecule is CCCOC1CCCN(CCCC2CCCCN2)C1. The average Bonchev–Trinajstić information content (AvgIpc) is 2.47. The first kappa shape index (κ1) is 15.3. The molecule has 0 amide bonds. The Hall–Kier alpha value is -0.120. The molecule has 0 aromatic heterocycles. The highest BCUT2D eigenvalue weighted by atomic mass is 16.5. The van der Waals surface area contributed by atoms with E-state index in [1.54, 1.807) is 0 Å². The second kappa shape index (κ2) is 8.93. The smallest absolute Gasteiger partial charge is 0.0702 e. The molecule has 0 aromatic carbocycles. The van der Waals surface area contributed by atoms with Crippen LogP contribution in [0.4, 0.5) is 0 Å². The lowest BCUT2D eigenvalue weighted by atomic mass is 10.00. The van der Waals surface area contributed by atoms with Crippen LogP contribution in [-0.4, -0.2) is 49.8 Å². The minimum atomic E-state index is 0.501. The van der Waals surface area contributed by atoms with Gasteiger partial charge in [0, 0.05) is 19.2 Å². The molecule has 19 heavy (non-hydrogen) atoms. The molecular weight excluding hydrogens is 236 g/mol. The first-order valence-electron chi connectivity index (χ1n) is 8.46. The first-order valence-corrected chi connectivity index (χ1v) is 8.46. The van der Waals surface area contributed by atoms with E-state index >= 15 is 0 Å². The third-order valence-corrected chi connectivity index (χ3v) is 4.46. The van der Waals surface area contributed by atoms with Crippen molar-refractivity contribution in [2.45, 2.75) is 70.4 Å². The average molecular weight is 268 g/mol. The molecule has 0 spiro atoms. The molecule has 2 saturated heterocycles. The number of ether oxygens (including phenoxy) is 1. The summed E-state index contributed by atoms with van der Waals surface area (Å²) in [6, 6.07) is 0.797. The molecule has 0 aromatic rings. The monoisotopic (exact) mass is 268 g/mol. The minimum Gasteiger partial charge on any atom is -0.377 e. The Morgan fingerprint density at radius 1 is 1.21 bits per heavy atom. The number of rotatable bonds is 7. The summed E-state index contributed by atoms with van der Waals surface area (Å²) in [6.45, 7) is 8.08. The van der Waals surface area contributed by atoms with E-state index in [2.05, 4.69) is 17.1 Å². The van der Waals surface area contributed by atoms with Gasteiger partial charge in [-0.15, -0.1) is 0 Å². The maximum absolute atomic E-state index is 5.90. The summed E-state index contributed by atoms with van der Waals surface area (Å²) in [5, 5.41) is 3.65. The van der Waals surface area contributed by atoms with Crippen LogP contribution < -0.4 is 5.32 Å². The number of hydrogen-bond acceptors (Lipinski definition) is 3. The van der Waals surface area contributed by atoms with E-state index in [1.807, 2.05) is 0 Å². The van der Waals surface area contributed by atoms with Gasteiger partial charge in [0.15, 0.2) is 0 Å². The van der Waals surface area contributed by atoms with Crippen molar-refractivity contribution in [2.24, 2.45) is 0 Å². The van der Waals surface area contributed by atoms with Crippen LogP contribution in [-0.2, 0) is 4.74 Å². The highest BCUT2D eigenvalue weighted by Crippen LogP contribution is 2.16. The van der Waals surface area contributed by atoms with Gasteiger partial charge in [0.2, 0.25) is 0 Å². The number of piperidine rings is 2. The third-order valence-electron chi connectivity index (χ3n) is 4.46. The third kappa shape index (κ3) is 5.80. The lowest BCUT2D eigenvalue weighted by Gasteiger charge is -2.33. The molecule has 0 aliphatic carbocycles. The molecule has 2 atom stereocenters. The van der Waals surface area contributed by atoms with Crippen LogP contribution in [0.25, 0.3) is 0 Å². The Morgan fingerprint density at radius 2 is 2.16 bits per heavy atom. The zero-order valence-electron chi connectivity index (χ0n) is 12.7.